The highest BCUT2D eigenvalue weighted by molar-refractivity contribution is 5.81. The van der Waals surface area contributed by atoms with Crippen LogP contribution in [0.3, 0.4) is 0 Å². The summed E-state index contributed by atoms with van der Waals surface area (Å²) in [4.78, 5) is 16.1. The van der Waals surface area contributed by atoms with Gasteiger partial charge in [0.25, 0.3) is 0 Å². The Hall–Kier alpha value is -0.610. The van der Waals surface area contributed by atoms with Gasteiger partial charge in [0.1, 0.15) is 0 Å². The van der Waals surface area contributed by atoms with Crippen LogP contribution >= 0.6 is 0 Å². The predicted molar refractivity (Wildman–Crippen MR) is 61.6 cm³/mol. The average Bonchev–Trinajstić information content (AvgIpc) is 2.28. The first kappa shape index (κ1) is 12.5. The van der Waals surface area contributed by atoms with E-state index in [1.165, 1.54) is 6.42 Å². The molecular formula is C11H23N3O. The van der Waals surface area contributed by atoms with Gasteiger partial charge in [0, 0.05) is 26.2 Å². The lowest BCUT2D eigenvalue weighted by Gasteiger charge is -2.35. The third-order valence-corrected chi connectivity index (χ3v) is 2.98. The number of nitrogens with zero attached hydrogens (tertiary/aromatic N) is 2. The molecule has 0 unspecified atom stereocenters. The maximum absolute atomic E-state index is 11.8. The van der Waals surface area contributed by atoms with E-state index in [9.17, 15) is 4.79 Å². The molecule has 2 N–H and O–H groups in total. The lowest BCUT2D eigenvalue weighted by atomic mass is 10.2. The van der Waals surface area contributed by atoms with Gasteiger partial charge >= 0.3 is 0 Å². The Balaban J connectivity index is 2.33. The van der Waals surface area contributed by atoms with Crippen molar-refractivity contribution in [3.63, 3.8) is 0 Å². The number of carbonyl (C=O) groups is 1. The molecule has 0 bridgehead atoms. The third-order valence-electron chi connectivity index (χ3n) is 2.98. The second-order valence-corrected chi connectivity index (χ2v) is 4.18. The summed E-state index contributed by atoms with van der Waals surface area (Å²) in [6.07, 6.45) is 1.91. The molecule has 0 radical (unpaired) electrons. The topological polar surface area (TPSA) is 49.6 Å². The van der Waals surface area contributed by atoms with E-state index >= 15 is 0 Å². The van der Waals surface area contributed by atoms with Crippen LogP contribution in [0.2, 0.25) is 0 Å². The second-order valence-electron chi connectivity index (χ2n) is 4.18. The molecule has 4 nitrogen and oxygen atoms in total. The first-order valence-corrected chi connectivity index (χ1v) is 5.95. The molecule has 15 heavy (non-hydrogen) atoms. The number of carbonyl (C=O) groups excluding carboxylic acids is 1. The number of hydrogen-bond acceptors (Lipinski definition) is 3. The van der Waals surface area contributed by atoms with Gasteiger partial charge in [-0.25, -0.2) is 0 Å². The SMILES string of the molecule is CCCN1CCN(C(=O)[C@H](N)CC)CC1. The minimum Gasteiger partial charge on any atom is -0.339 e. The zero-order valence-electron chi connectivity index (χ0n) is 9.91. The molecular weight excluding hydrogens is 190 g/mol. The van der Waals surface area contributed by atoms with Crippen molar-refractivity contribution in [2.75, 3.05) is 32.7 Å². The van der Waals surface area contributed by atoms with Crippen molar-refractivity contribution in [1.29, 1.82) is 0 Å². The fourth-order valence-electron chi connectivity index (χ4n) is 1.92. The van der Waals surface area contributed by atoms with Crippen LogP contribution in [-0.4, -0.2) is 54.5 Å². The van der Waals surface area contributed by atoms with E-state index in [1.807, 2.05) is 11.8 Å². The quantitative estimate of drug-likeness (QED) is 0.729. The Labute approximate surface area is 92.4 Å². The molecule has 1 fully saturated rings. The zero-order chi connectivity index (χ0) is 11.3. The standard InChI is InChI=1S/C11H23N3O/c1-3-5-13-6-8-14(9-7-13)11(15)10(12)4-2/h10H,3-9,12H2,1-2H3/t10-/m1/s1. The minimum atomic E-state index is -0.303. The van der Waals surface area contributed by atoms with Crippen molar-refractivity contribution in [2.45, 2.75) is 32.7 Å². The van der Waals surface area contributed by atoms with Crippen molar-refractivity contribution in [3.8, 4) is 0 Å². The Bertz CT molecular complexity index is 200. The normalized spacial score (nSPS) is 20.3. The molecule has 0 saturated carbocycles. The fourth-order valence-corrected chi connectivity index (χ4v) is 1.92. The van der Waals surface area contributed by atoms with Crippen molar-refractivity contribution >= 4 is 5.91 Å². The first-order valence-electron chi connectivity index (χ1n) is 5.95. The van der Waals surface area contributed by atoms with E-state index in [1.54, 1.807) is 0 Å². The molecule has 4 heteroatoms. The third kappa shape index (κ3) is 3.47. The van der Waals surface area contributed by atoms with E-state index in [0.717, 1.165) is 39.1 Å². The van der Waals surface area contributed by atoms with E-state index in [2.05, 4.69) is 11.8 Å². The molecule has 1 atom stereocenters. The number of piperazine rings is 1. The van der Waals surface area contributed by atoms with Crippen LogP contribution in [0.4, 0.5) is 0 Å². The lowest BCUT2D eigenvalue weighted by molar-refractivity contribution is -0.134. The monoisotopic (exact) mass is 213 g/mol. The Kier molecular flexibility index (Phi) is 5.05. The first-order chi connectivity index (χ1) is 7.19. The molecule has 0 spiro atoms. The van der Waals surface area contributed by atoms with Crippen molar-refractivity contribution in [1.82, 2.24) is 9.80 Å². The zero-order valence-corrected chi connectivity index (χ0v) is 9.91. The fraction of sp³-hybridized carbons (Fsp3) is 0.909. The number of amides is 1. The van der Waals surface area contributed by atoms with Gasteiger partial charge in [-0.15, -0.1) is 0 Å². The van der Waals surface area contributed by atoms with Crippen LogP contribution in [-0.2, 0) is 4.79 Å². The number of nitrogens with two attached hydrogens (primary N) is 1. The molecule has 1 amide bonds. The van der Waals surface area contributed by atoms with Crippen LogP contribution in [0.5, 0.6) is 0 Å². The summed E-state index contributed by atoms with van der Waals surface area (Å²) in [5.74, 6) is 0.119. The largest absolute Gasteiger partial charge is 0.339 e. The van der Waals surface area contributed by atoms with Gasteiger partial charge < -0.3 is 10.6 Å². The van der Waals surface area contributed by atoms with Gasteiger partial charge in [-0.2, -0.15) is 0 Å². The summed E-state index contributed by atoms with van der Waals surface area (Å²) in [5, 5.41) is 0. The molecule has 0 aliphatic carbocycles. The predicted octanol–water partition coefficient (Wildman–Crippen LogP) is 0.278. The van der Waals surface area contributed by atoms with Crippen LogP contribution in [0.25, 0.3) is 0 Å². The minimum absolute atomic E-state index is 0.119. The summed E-state index contributed by atoms with van der Waals surface area (Å²) < 4.78 is 0. The van der Waals surface area contributed by atoms with Crippen LogP contribution < -0.4 is 5.73 Å². The summed E-state index contributed by atoms with van der Waals surface area (Å²) >= 11 is 0. The maximum atomic E-state index is 11.8. The number of hydrogen-bond donors (Lipinski definition) is 1. The van der Waals surface area contributed by atoms with E-state index < -0.39 is 0 Å². The van der Waals surface area contributed by atoms with Gasteiger partial charge in [-0.1, -0.05) is 13.8 Å². The Morgan fingerprint density at radius 2 is 1.87 bits per heavy atom. The Morgan fingerprint density at radius 1 is 1.27 bits per heavy atom. The van der Waals surface area contributed by atoms with E-state index in [-0.39, 0.29) is 11.9 Å². The van der Waals surface area contributed by atoms with Crippen molar-refractivity contribution in [2.24, 2.45) is 5.73 Å². The van der Waals surface area contributed by atoms with E-state index in [0.29, 0.717) is 0 Å². The summed E-state index contributed by atoms with van der Waals surface area (Å²) in [6.45, 7) is 8.95. The highest BCUT2D eigenvalue weighted by Gasteiger charge is 2.23. The molecule has 1 saturated heterocycles. The highest BCUT2D eigenvalue weighted by Crippen LogP contribution is 2.05. The van der Waals surface area contributed by atoms with Gasteiger partial charge in [0.2, 0.25) is 5.91 Å². The molecule has 0 aromatic rings. The molecule has 1 aliphatic heterocycles. The molecule has 1 rings (SSSR count). The van der Waals surface area contributed by atoms with E-state index in [4.69, 9.17) is 5.73 Å². The van der Waals surface area contributed by atoms with Crippen LogP contribution in [0.1, 0.15) is 26.7 Å². The van der Waals surface area contributed by atoms with Gasteiger partial charge in [-0.3, -0.25) is 9.69 Å². The van der Waals surface area contributed by atoms with Crippen molar-refractivity contribution < 1.29 is 4.79 Å². The number of rotatable bonds is 4. The molecule has 1 aliphatic rings. The summed E-state index contributed by atoms with van der Waals surface area (Å²) in [5.41, 5.74) is 5.74. The summed E-state index contributed by atoms with van der Waals surface area (Å²) in [6, 6.07) is -0.303. The van der Waals surface area contributed by atoms with Crippen molar-refractivity contribution in [3.05, 3.63) is 0 Å². The maximum Gasteiger partial charge on any atom is 0.239 e. The van der Waals surface area contributed by atoms with Gasteiger partial charge in [0.05, 0.1) is 6.04 Å². The summed E-state index contributed by atoms with van der Waals surface area (Å²) in [7, 11) is 0. The molecule has 0 aromatic heterocycles. The highest BCUT2D eigenvalue weighted by atomic mass is 16.2. The molecule has 1 heterocycles. The smallest absolute Gasteiger partial charge is 0.239 e. The second kappa shape index (κ2) is 6.08. The Morgan fingerprint density at radius 3 is 2.33 bits per heavy atom. The molecule has 0 aromatic carbocycles. The average molecular weight is 213 g/mol. The van der Waals surface area contributed by atoms with Gasteiger partial charge in [0.15, 0.2) is 0 Å². The van der Waals surface area contributed by atoms with Crippen LogP contribution in [0, 0.1) is 0 Å². The van der Waals surface area contributed by atoms with Gasteiger partial charge in [-0.05, 0) is 19.4 Å². The van der Waals surface area contributed by atoms with Crippen LogP contribution in [0.15, 0.2) is 0 Å². The lowest BCUT2D eigenvalue weighted by Crippen LogP contribution is -2.53. The molecule has 88 valence electrons.